The van der Waals surface area contributed by atoms with Gasteiger partial charge in [-0.15, -0.1) is 0 Å². The van der Waals surface area contributed by atoms with Crippen LogP contribution in [0.2, 0.25) is 0 Å². The van der Waals surface area contributed by atoms with Gasteiger partial charge < -0.3 is 11.1 Å². The smallest absolute Gasteiger partial charge is 0.251 e. The Kier molecular flexibility index (Phi) is 6.40. The van der Waals surface area contributed by atoms with Gasteiger partial charge in [-0.3, -0.25) is 9.36 Å². The fourth-order valence-corrected chi connectivity index (χ4v) is 4.47. The molecule has 4 aromatic heterocycles. The van der Waals surface area contributed by atoms with Crippen molar-refractivity contribution in [2.45, 2.75) is 6.54 Å². The molecule has 0 aliphatic heterocycles. The third-order valence-corrected chi connectivity index (χ3v) is 6.47. The van der Waals surface area contributed by atoms with Gasteiger partial charge in [-0.25, -0.2) is 19.9 Å². The highest BCUT2D eigenvalue weighted by molar-refractivity contribution is 5.94. The predicted octanol–water partition coefficient (Wildman–Crippen LogP) is 4.93. The third-order valence-electron chi connectivity index (χ3n) is 6.47. The number of anilines is 1. The number of nitrogens with two attached hydrogens (primary N) is 1. The molecular formula is C31H22N8O. The first kappa shape index (κ1) is 24.5. The summed E-state index contributed by atoms with van der Waals surface area (Å²) in [7, 11) is 0. The first-order chi connectivity index (χ1) is 19.6. The summed E-state index contributed by atoms with van der Waals surface area (Å²) in [5.74, 6) is 0.721. The Morgan fingerprint density at radius 2 is 1.73 bits per heavy atom. The Hall–Kier alpha value is -5.88. The van der Waals surface area contributed by atoms with Gasteiger partial charge in [-0.2, -0.15) is 5.26 Å². The largest absolute Gasteiger partial charge is 0.383 e. The number of rotatable bonds is 6. The minimum Gasteiger partial charge on any atom is -0.383 e. The van der Waals surface area contributed by atoms with Crippen molar-refractivity contribution in [3.8, 4) is 34.3 Å². The van der Waals surface area contributed by atoms with Crippen LogP contribution in [0.5, 0.6) is 0 Å². The summed E-state index contributed by atoms with van der Waals surface area (Å²) in [4.78, 5) is 30.4. The lowest BCUT2D eigenvalue weighted by Gasteiger charge is -2.11. The highest BCUT2D eigenvalue weighted by atomic mass is 16.1. The van der Waals surface area contributed by atoms with Crippen molar-refractivity contribution in [1.82, 2.24) is 29.8 Å². The van der Waals surface area contributed by atoms with E-state index in [-0.39, 0.29) is 11.6 Å². The van der Waals surface area contributed by atoms with Crippen LogP contribution in [0.25, 0.3) is 39.4 Å². The molecule has 3 N–H and O–H groups in total. The molecule has 0 atom stereocenters. The maximum absolute atomic E-state index is 12.6. The molecule has 40 heavy (non-hydrogen) atoms. The van der Waals surface area contributed by atoms with Crippen molar-refractivity contribution < 1.29 is 4.79 Å². The molecule has 0 spiro atoms. The lowest BCUT2D eigenvalue weighted by Crippen LogP contribution is -2.22. The topological polar surface area (TPSA) is 135 Å². The van der Waals surface area contributed by atoms with Gasteiger partial charge in [-0.05, 0) is 53.6 Å². The number of nitrogens with one attached hydrogen (secondary N) is 1. The lowest BCUT2D eigenvalue weighted by atomic mass is 10.1. The van der Waals surface area contributed by atoms with Crippen molar-refractivity contribution in [3.05, 3.63) is 120 Å². The minimum absolute atomic E-state index is 0.194. The van der Waals surface area contributed by atoms with Crippen LogP contribution >= 0.6 is 0 Å². The van der Waals surface area contributed by atoms with Crippen LogP contribution in [0.4, 0.5) is 5.82 Å². The second-order valence-electron chi connectivity index (χ2n) is 9.03. The molecule has 4 heterocycles. The molecule has 192 valence electrons. The Morgan fingerprint density at radius 3 is 2.50 bits per heavy atom. The molecule has 0 radical (unpaired) electrons. The second kappa shape index (κ2) is 10.5. The van der Waals surface area contributed by atoms with Crippen molar-refractivity contribution >= 4 is 22.9 Å². The molecule has 0 aliphatic rings. The van der Waals surface area contributed by atoms with E-state index in [1.54, 1.807) is 12.3 Å². The number of hydrogen-bond acceptors (Lipinski definition) is 7. The number of nitrogens with zero attached hydrogens (tertiary/aromatic N) is 6. The number of benzene rings is 2. The average molecular weight is 523 g/mol. The number of fused-ring (bicyclic) bond motifs is 1. The maximum Gasteiger partial charge on any atom is 0.251 e. The number of hydrogen-bond donors (Lipinski definition) is 2. The first-order valence-electron chi connectivity index (χ1n) is 12.5. The number of aromatic nitrogens is 5. The zero-order valence-corrected chi connectivity index (χ0v) is 21.2. The summed E-state index contributed by atoms with van der Waals surface area (Å²) < 4.78 is 1.96. The fraction of sp³-hybridized carbons (Fsp3) is 0.0323. The predicted molar refractivity (Wildman–Crippen MR) is 152 cm³/mol. The molecule has 0 fully saturated rings. The summed E-state index contributed by atoms with van der Waals surface area (Å²) in [6.07, 6.45) is 4.93. The van der Waals surface area contributed by atoms with Gasteiger partial charge in [0.05, 0.1) is 5.56 Å². The summed E-state index contributed by atoms with van der Waals surface area (Å²) in [5, 5.41) is 11.9. The molecule has 0 aliphatic carbocycles. The Bertz CT molecular complexity index is 1890. The molecule has 1 amide bonds. The van der Waals surface area contributed by atoms with Crippen LogP contribution in [0, 0.1) is 11.3 Å². The normalized spacial score (nSPS) is 10.8. The van der Waals surface area contributed by atoms with Crippen molar-refractivity contribution in [2.24, 2.45) is 0 Å². The van der Waals surface area contributed by atoms with Crippen molar-refractivity contribution in [1.29, 1.82) is 5.26 Å². The van der Waals surface area contributed by atoms with Crippen LogP contribution in [0.3, 0.4) is 0 Å². The maximum atomic E-state index is 12.6. The molecule has 0 saturated carbocycles. The Labute approximate surface area is 229 Å². The summed E-state index contributed by atoms with van der Waals surface area (Å²) >= 11 is 0. The summed E-state index contributed by atoms with van der Waals surface area (Å²) in [5.41, 5.74) is 12.7. The van der Waals surface area contributed by atoms with E-state index in [1.165, 1.54) is 12.3 Å². The van der Waals surface area contributed by atoms with E-state index in [9.17, 15) is 4.79 Å². The number of imidazole rings is 1. The number of nitrogen functional groups attached to an aromatic ring is 1. The van der Waals surface area contributed by atoms with Crippen molar-refractivity contribution in [3.63, 3.8) is 0 Å². The van der Waals surface area contributed by atoms with Gasteiger partial charge in [0.25, 0.3) is 5.91 Å². The van der Waals surface area contributed by atoms with Gasteiger partial charge in [0, 0.05) is 41.9 Å². The van der Waals surface area contributed by atoms with Crippen LogP contribution in [0.1, 0.15) is 21.6 Å². The summed E-state index contributed by atoms with van der Waals surface area (Å²) in [6, 6.07) is 28.5. The van der Waals surface area contributed by atoms with Crippen LogP contribution in [0.15, 0.2) is 104 Å². The average Bonchev–Trinajstić information content (AvgIpc) is 3.39. The van der Waals surface area contributed by atoms with E-state index >= 15 is 0 Å². The highest BCUT2D eigenvalue weighted by Gasteiger charge is 2.18. The standard InChI is InChI=1S/C31H22N8O/c32-17-24-15-22(12-14-34-24)31(40)37-18-20-8-10-25(11-9-20)39-29(26-7-4-13-35-28(26)33)38-27-16-23(19-36-30(27)39)21-5-2-1-3-6-21/h1-16,19H,18H2,(H2,33,35)(H,37,40). The second-order valence-corrected chi connectivity index (χ2v) is 9.03. The van der Waals surface area contributed by atoms with Crippen LogP contribution in [-0.4, -0.2) is 30.4 Å². The molecular weight excluding hydrogens is 500 g/mol. The number of nitriles is 1. The van der Waals surface area contributed by atoms with Gasteiger partial charge in [0.1, 0.15) is 23.1 Å². The SMILES string of the molecule is N#Cc1cc(C(=O)NCc2ccc(-n3c(-c4cccnc4N)nc4cc(-c5ccccc5)cnc43)cc2)ccn1. The quantitative estimate of drug-likeness (QED) is 0.317. The van der Waals surface area contributed by atoms with Gasteiger partial charge >= 0.3 is 0 Å². The molecule has 0 bridgehead atoms. The monoisotopic (exact) mass is 522 g/mol. The number of pyridine rings is 3. The van der Waals surface area contributed by atoms with Gasteiger partial charge in [0.2, 0.25) is 0 Å². The van der Waals surface area contributed by atoms with E-state index < -0.39 is 0 Å². The Morgan fingerprint density at radius 1 is 0.900 bits per heavy atom. The summed E-state index contributed by atoms with van der Waals surface area (Å²) in [6.45, 7) is 0.315. The first-order valence-corrected chi connectivity index (χ1v) is 12.5. The van der Waals surface area contributed by atoms with Crippen LogP contribution in [-0.2, 0) is 6.54 Å². The molecule has 6 rings (SSSR count). The molecule has 0 saturated heterocycles. The van der Waals surface area contributed by atoms with E-state index in [0.717, 1.165) is 27.9 Å². The number of amides is 1. The zero-order valence-electron chi connectivity index (χ0n) is 21.2. The van der Waals surface area contributed by atoms with Gasteiger partial charge in [0.15, 0.2) is 11.5 Å². The fourth-order valence-electron chi connectivity index (χ4n) is 4.47. The molecule has 9 heteroatoms. The van der Waals surface area contributed by atoms with E-state index in [1.807, 2.05) is 89.6 Å². The minimum atomic E-state index is -0.281. The van der Waals surface area contributed by atoms with E-state index in [0.29, 0.717) is 35.0 Å². The third kappa shape index (κ3) is 4.73. The van der Waals surface area contributed by atoms with Gasteiger partial charge in [-0.1, -0.05) is 42.5 Å². The number of carbonyl (C=O) groups is 1. The highest BCUT2D eigenvalue weighted by Crippen LogP contribution is 2.32. The molecule has 9 nitrogen and oxygen atoms in total. The molecule has 2 aromatic carbocycles. The van der Waals surface area contributed by atoms with Crippen molar-refractivity contribution in [2.75, 3.05) is 5.73 Å². The van der Waals surface area contributed by atoms with E-state index in [2.05, 4.69) is 15.3 Å². The number of carbonyl (C=O) groups excluding carboxylic acids is 1. The van der Waals surface area contributed by atoms with E-state index in [4.69, 9.17) is 21.0 Å². The lowest BCUT2D eigenvalue weighted by molar-refractivity contribution is 0.0950. The Balaban J connectivity index is 1.34. The molecule has 0 unspecified atom stereocenters. The molecule has 6 aromatic rings. The van der Waals surface area contributed by atoms with Crippen LogP contribution < -0.4 is 11.1 Å². The zero-order chi connectivity index (χ0) is 27.5.